The molecule has 1 saturated carbocycles. The lowest BCUT2D eigenvalue weighted by Gasteiger charge is -2.36. The first-order valence-electron chi connectivity index (χ1n) is 11.0. The number of benzene rings is 1. The molecule has 5 nitrogen and oxygen atoms in total. The first kappa shape index (κ1) is 22.4. The Hall–Kier alpha value is -1.28. The molecule has 2 aromatic rings. The Morgan fingerprint density at radius 1 is 1.14 bits per heavy atom. The van der Waals surface area contributed by atoms with Crippen LogP contribution in [0.4, 0.5) is 0 Å². The van der Waals surface area contributed by atoms with Gasteiger partial charge in [-0.25, -0.2) is 4.99 Å². The number of aliphatic imine (C=N–C) groups is 1. The first-order valence-corrected chi connectivity index (χ1v) is 11.0. The molecule has 1 aliphatic heterocycles. The van der Waals surface area contributed by atoms with Gasteiger partial charge in [0.05, 0.1) is 0 Å². The van der Waals surface area contributed by atoms with E-state index in [1.165, 1.54) is 62.6 Å². The van der Waals surface area contributed by atoms with Crippen LogP contribution in [0.2, 0.25) is 0 Å². The van der Waals surface area contributed by atoms with Gasteiger partial charge in [-0.1, -0.05) is 31.0 Å². The van der Waals surface area contributed by atoms with Crippen molar-refractivity contribution in [3.63, 3.8) is 0 Å². The maximum absolute atomic E-state index is 6.02. The van der Waals surface area contributed by atoms with Crippen molar-refractivity contribution in [2.45, 2.75) is 71.0 Å². The van der Waals surface area contributed by atoms with Crippen LogP contribution in [0, 0.1) is 6.92 Å². The van der Waals surface area contributed by atoms with Crippen molar-refractivity contribution >= 4 is 40.9 Å². The number of likely N-dealkylation sites (tertiary alicyclic amines) is 1. The first-order chi connectivity index (χ1) is 13.7. The van der Waals surface area contributed by atoms with E-state index in [4.69, 9.17) is 9.41 Å². The maximum atomic E-state index is 6.02. The molecule has 2 heterocycles. The summed E-state index contributed by atoms with van der Waals surface area (Å²) in [6, 6.07) is 9.56. The van der Waals surface area contributed by atoms with Crippen LogP contribution < -0.4 is 10.6 Å². The second kappa shape index (κ2) is 10.7. The molecule has 2 fully saturated rings. The summed E-state index contributed by atoms with van der Waals surface area (Å²) < 4.78 is 6.02. The molecule has 29 heavy (non-hydrogen) atoms. The summed E-state index contributed by atoms with van der Waals surface area (Å²) in [6.45, 7) is 8.10. The lowest BCUT2D eigenvalue weighted by molar-refractivity contribution is 0.150. The number of rotatable bonds is 5. The van der Waals surface area contributed by atoms with E-state index in [1.807, 2.05) is 12.1 Å². The zero-order valence-corrected chi connectivity index (χ0v) is 20.1. The van der Waals surface area contributed by atoms with Gasteiger partial charge in [-0.15, -0.1) is 24.0 Å². The van der Waals surface area contributed by atoms with Gasteiger partial charge in [-0.05, 0) is 45.6 Å². The zero-order valence-electron chi connectivity index (χ0n) is 17.7. The van der Waals surface area contributed by atoms with Crippen LogP contribution >= 0.6 is 24.0 Å². The third kappa shape index (κ3) is 5.45. The van der Waals surface area contributed by atoms with Gasteiger partial charge in [0, 0.05) is 42.7 Å². The van der Waals surface area contributed by atoms with Gasteiger partial charge >= 0.3 is 0 Å². The minimum absolute atomic E-state index is 0. The van der Waals surface area contributed by atoms with Crippen molar-refractivity contribution in [3.05, 3.63) is 35.6 Å². The highest BCUT2D eigenvalue weighted by Gasteiger charge is 2.27. The highest BCUT2D eigenvalue weighted by molar-refractivity contribution is 14.0. The Labute approximate surface area is 191 Å². The lowest BCUT2D eigenvalue weighted by atomic mass is 10.0. The Kier molecular flexibility index (Phi) is 8.24. The molecule has 1 aromatic heterocycles. The predicted molar refractivity (Wildman–Crippen MR) is 131 cm³/mol. The summed E-state index contributed by atoms with van der Waals surface area (Å²) in [5, 5.41) is 8.25. The zero-order chi connectivity index (χ0) is 19.3. The second-order valence-electron chi connectivity index (χ2n) is 8.23. The van der Waals surface area contributed by atoms with Gasteiger partial charge in [0.1, 0.15) is 17.9 Å². The van der Waals surface area contributed by atoms with Crippen molar-refractivity contribution in [2.24, 2.45) is 4.99 Å². The van der Waals surface area contributed by atoms with E-state index in [2.05, 4.69) is 41.5 Å². The average molecular weight is 510 g/mol. The minimum atomic E-state index is 0. The molecule has 1 saturated heterocycles. The standard InChI is InChI=1S/C23H34N4O.HI/c1-3-24-23(25-16-22-17(2)20-10-6-7-11-21(20)28-22)26-18-12-14-27(15-13-18)19-8-4-5-9-19;/h6-7,10-11,18-19H,3-5,8-9,12-16H2,1-2H3,(H2,24,25,26);1H. The average Bonchev–Trinajstić information content (AvgIpc) is 3.36. The molecule has 2 aliphatic rings. The van der Waals surface area contributed by atoms with E-state index >= 15 is 0 Å². The quantitative estimate of drug-likeness (QED) is 0.344. The molecular formula is C23H35IN4O. The molecule has 160 valence electrons. The Morgan fingerprint density at radius 2 is 1.86 bits per heavy atom. The number of piperidine rings is 1. The number of nitrogens with zero attached hydrogens (tertiary/aromatic N) is 2. The van der Waals surface area contributed by atoms with Crippen LogP contribution in [-0.2, 0) is 6.54 Å². The van der Waals surface area contributed by atoms with E-state index in [0.29, 0.717) is 12.6 Å². The van der Waals surface area contributed by atoms with Crippen LogP contribution in [0.1, 0.15) is 56.8 Å². The molecular weight excluding hydrogens is 475 g/mol. The summed E-state index contributed by atoms with van der Waals surface area (Å²) in [7, 11) is 0. The number of nitrogens with one attached hydrogen (secondary N) is 2. The molecule has 1 aromatic carbocycles. The summed E-state index contributed by atoms with van der Waals surface area (Å²) in [5.74, 6) is 1.86. The maximum Gasteiger partial charge on any atom is 0.191 e. The van der Waals surface area contributed by atoms with Crippen LogP contribution in [0.3, 0.4) is 0 Å². The summed E-state index contributed by atoms with van der Waals surface area (Å²) in [5.41, 5.74) is 2.14. The number of hydrogen-bond donors (Lipinski definition) is 2. The SMILES string of the molecule is CCNC(=NCc1oc2ccccc2c1C)NC1CCN(C2CCCC2)CC1.I. The van der Waals surface area contributed by atoms with Crippen molar-refractivity contribution < 1.29 is 4.42 Å². The number of hydrogen-bond acceptors (Lipinski definition) is 3. The number of para-hydroxylation sites is 1. The van der Waals surface area contributed by atoms with Gasteiger partial charge in [-0.3, -0.25) is 0 Å². The van der Waals surface area contributed by atoms with Crippen molar-refractivity contribution in [1.82, 2.24) is 15.5 Å². The molecule has 1 aliphatic carbocycles. The number of guanidine groups is 1. The Morgan fingerprint density at radius 3 is 2.55 bits per heavy atom. The summed E-state index contributed by atoms with van der Waals surface area (Å²) in [4.78, 5) is 7.53. The summed E-state index contributed by atoms with van der Waals surface area (Å²) >= 11 is 0. The topological polar surface area (TPSA) is 52.8 Å². The molecule has 0 radical (unpaired) electrons. The smallest absolute Gasteiger partial charge is 0.191 e. The Balaban J connectivity index is 0.00000240. The highest BCUT2D eigenvalue weighted by Crippen LogP contribution is 2.27. The van der Waals surface area contributed by atoms with Gasteiger partial charge in [0.25, 0.3) is 0 Å². The molecule has 0 amide bonds. The van der Waals surface area contributed by atoms with E-state index in [-0.39, 0.29) is 24.0 Å². The van der Waals surface area contributed by atoms with Crippen LogP contribution in [-0.4, -0.2) is 42.6 Å². The van der Waals surface area contributed by atoms with Crippen molar-refractivity contribution in [1.29, 1.82) is 0 Å². The molecule has 2 N–H and O–H groups in total. The fraction of sp³-hybridized carbons (Fsp3) is 0.609. The fourth-order valence-corrected chi connectivity index (χ4v) is 4.72. The van der Waals surface area contributed by atoms with E-state index in [0.717, 1.165) is 29.9 Å². The largest absolute Gasteiger partial charge is 0.459 e. The monoisotopic (exact) mass is 510 g/mol. The molecule has 0 spiro atoms. The van der Waals surface area contributed by atoms with Gasteiger partial charge in [0.15, 0.2) is 5.96 Å². The number of halogens is 1. The molecule has 0 atom stereocenters. The molecule has 0 unspecified atom stereocenters. The van der Waals surface area contributed by atoms with Crippen LogP contribution in [0.15, 0.2) is 33.7 Å². The third-order valence-electron chi connectivity index (χ3n) is 6.38. The number of furan rings is 1. The normalized spacial score (nSPS) is 19.4. The minimum Gasteiger partial charge on any atom is -0.459 e. The predicted octanol–water partition coefficient (Wildman–Crippen LogP) is 4.82. The van der Waals surface area contributed by atoms with E-state index < -0.39 is 0 Å². The van der Waals surface area contributed by atoms with Crippen LogP contribution in [0.25, 0.3) is 11.0 Å². The molecule has 0 bridgehead atoms. The van der Waals surface area contributed by atoms with Crippen LogP contribution in [0.5, 0.6) is 0 Å². The Bertz CT molecular complexity index is 804. The second-order valence-corrected chi connectivity index (χ2v) is 8.23. The van der Waals surface area contributed by atoms with Crippen molar-refractivity contribution in [3.8, 4) is 0 Å². The fourth-order valence-electron chi connectivity index (χ4n) is 4.72. The molecule has 6 heteroatoms. The molecule has 4 rings (SSSR count). The lowest BCUT2D eigenvalue weighted by Crippen LogP contribution is -2.50. The van der Waals surface area contributed by atoms with Gasteiger partial charge in [-0.2, -0.15) is 0 Å². The number of aryl methyl sites for hydroxylation is 1. The van der Waals surface area contributed by atoms with E-state index in [9.17, 15) is 0 Å². The highest BCUT2D eigenvalue weighted by atomic mass is 127. The number of fused-ring (bicyclic) bond motifs is 1. The van der Waals surface area contributed by atoms with Gasteiger partial charge < -0.3 is 20.0 Å². The van der Waals surface area contributed by atoms with E-state index in [1.54, 1.807) is 0 Å². The van der Waals surface area contributed by atoms with Gasteiger partial charge in [0.2, 0.25) is 0 Å². The third-order valence-corrected chi connectivity index (χ3v) is 6.38. The summed E-state index contributed by atoms with van der Waals surface area (Å²) in [6.07, 6.45) is 8.04. The van der Waals surface area contributed by atoms with Crippen molar-refractivity contribution in [2.75, 3.05) is 19.6 Å².